The van der Waals surface area contributed by atoms with Gasteiger partial charge in [-0.25, -0.2) is 0 Å². The van der Waals surface area contributed by atoms with Crippen molar-refractivity contribution >= 4 is 11.6 Å². The number of nitrogens with zero attached hydrogens (tertiary/aromatic N) is 1. The molecule has 2 aromatic carbocycles. The van der Waals surface area contributed by atoms with Crippen LogP contribution in [0.3, 0.4) is 0 Å². The Morgan fingerprint density at radius 2 is 1.93 bits per heavy atom. The molecule has 4 rings (SSSR count). The Morgan fingerprint density at radius 1 is 1.21 bits per heavy atom. The van der Waals surface area contributed by atoms with E-state index in [1.54, 1.807) is 19.2 Å². The zero-order valence-corrected chi connectivity index (χ0v) is 16.7. The molecule has 1 spiro atoms. The molecule has 2 aliphatic heterocycles. The zero-order valence-electron chi connectivity index (χ0n) is 16.0. The largest absolute Gasteiger partial charge is 0.497 e. The first kappa shape index (κ1) is 19.5. The van der Waals surface area contributed by atoms with Crippen molar-refractivity contribution < 1.29 is 19.7 Å². The first-order valence-electron chi connectivity index (χ1n) is 9.69. The molecule has 0 unspecified atom stereocenters. The van der Waals surface area contributed by atoms with Crippen molar-refractivity contribution in [3.8, 4) is 11.5 Å². The van der Waals surface area contributed by atoms with Crippen LogP contribution in [0.25, 0.3) is 0 Å². The van der Waals surface area contributed by atoms with Gasteiger partial charge in [-0.15, -0.1) is 0 Å². The fraction of sp³-hybridized carbons (Fsp3) is 0.455. The maximum atomic E-state index is 10.6. The lowest BCUT2D eigenvalue weighted by Crippen LogP contribution is -2.51. The minimum atomic E-state index is -0.547. The summed E-state index contributed by atoms with van der Waals surface area (Å²) in [5.74, 6) is 1.44. The Balaban J connectivity index is 1.40. The molecule has 2 atom stereocenters. The van der Waals surface area contributed by atoms with Crippen molar-refractivity contribution in [1.82, 2.24) is 4.90 Å². The summed E-state index contributed by atoms with van der Waals surface area (Å²) in [4.78, 5) is 2.25. The van der Waals surface area contributed by atoms with Gasteiger partial charge in [0.05, 0.1) is 19.3 Å². The number of aliphatic hydroxyl groups is 2. The summed E-state index contributed by atoms with van der Waals surface area (Å²) in [5.41, 5.74) is 1.34. The van der Waals surface area contributed by atoms with Crippen molar-refractivity contribution in [3.05, 3.63) is 58.6 Å². The molecule has 1 saturated heterocycles. The summed E-state index contributed by atoms with van der Waals surface area (Å²) < 4.78 is 11.7. The lowest BCUT2D eigenvalue weighted by atomic mass is 9.81. The molecule has 1 fully saturated rings. The molecule has 28 heavy (non-hydrogen) atoms. The van der Waals surface area contributed by atoms with Crippen LogP contribution < -0.4 is 9.47 Å². The number of β-amino-alcohol motifs (C(OH)–C–C–N with tert-alkyl or cyclic N) is 1. The van der Waals surface area contributed by atoms with Crippen molar-refractivity contribution in [2.24, 2.45) is 0 Å². The third-order valence-electron chi connectivity index (χ3n) is 5.92. The molecule has 2 aliphatic rings. The molecule has 0 aliphatic carbocycles. The number of halogens is 1. The van der Waals surface area contributed by atoms with Gasteiger partial charge in [0.25, 0.3) is 0 Å². The summed E-state index contributed by atoms with van der Waals surface area (Å²) in [6, 6.07) is 12.9. The van der Waals surface area contributed by atoms with E-state index in [9.17, 15) is 10.2 Å². The number of piperidine rings is 1. The van der Waals surface area contributed by atoms with Crippen LogP contribution in [-0.2, 0) is 0 Å². The van der Waals surface area contributed by atoms with Gasteiger partial charge in [-0.05, 0) is 42.7 Å². The number of aliphatic hydroxyl groups excluding tert-OH is 2. The van der Waals surface area contributed by atoms with Gasteiger partial charge < -0.3 is 24.6 Å². The Bertz CT molecular complexity index is 818. The molecular formula is C22H26ClNO4. The summed E-state index contributed by atoms with van der Waals surface area (Å²) in [5, 5.41) is 21.8. The minimum absolute atomic E-state index is 0.361. The highest BCUT2D eigenvalue weighted by Gasteiger charge is 2.43. The lowest BCUT2D eigenvalue weighted by molar-refractivity contribution is -0.0588. The number of rotatable bonds is 4. The van der Waals surface area contributed by atoms with Gasteiger partial charge in [0, 0.05) is 42.7 Å². The minimum Gasteiger partial charge on any atom is -0.497 e. The van der Waals surface area contributed by atoms with Crippen LogP contribution in [0, 0.1) is 0 Å². The third-order valence-corrected chi connectivity index (χ3v) is 6.18. The van der Waals surface area contributed by atoms with Crippen molar-refractivity contribution in [3.63, 3.8) is 0 Å². The van der Waals surface area contributed by atoms with Gasteiger partial charge in [0.1, 0.15) is 17.1 Å². The number of likely N-dealkylation sites (tertiary alicyclic amines) is 1. The van der Waals surface area contributed by atoms with Crippen LogP contribution in [-0.4, -0.2) is 47.5 Å². The van der Waals surface area contributed by atoms with Gasteiger partial charge in [-0.2, -0.15) is 0 Å². The van der Waals surface area contributed by atoms with E-state index < -0.39 is 12.2 Å². The average Bonchev–Trinajstić information content (AvgIpc) is 2.70. The lowest BCUT2D eigenvalue weighted by Gasteiger charge is -2.46. The predicted molar refractivity (Wildman–Crippen MR) is 108 cm³/mol. The molecule has 150 valence electrons. The van der Waals surface area contributed by atoms with Gasteiger partial charge in [0.2, 0.25) is 0 Å². The second-order valence-corrected chi connectivity index (χ2v) is 8.21. The molecular weight excluding hydrogens is 378 g/mol. The van der Waals surface area contributed by atoms with E-state index >= 15 is 0 Å². The molecule has 5 nitrogen and oxygen atoms in total. The Labute approximate surface area is 170 Å². The van der Waals surface area contributed by atoms with Gasteiger partial charge >= 0.3 is 0 Å². The SMILES string of the molecule is COc1ccc2c(c1)OC1(CCN(C[C@@H](O)c3ccc(Cl)cc3)CC1)C[C@@H]2O. The first-order chi connectivity index (χ1) is 13.5. The second kappa shape index (κ2) is 7.91. The topological polar surface area (TPSA) is 62.2 Å². The Morgan fingerprint density at radius 3 is 2.61 bits per heavy atom. The van der Waals surface area contributed by atoms with Crippen LogP contribution in [0.2, 0.25) is 5.02 Å². The quantitative estimate of drug-likeness (QED) is 0.814. The van der Waals surface area contributed by atoms with Gasteiger partial charge in [-0.1, -0.05) is 23.7 Å². The predicted octanol–water partition coefficient (Wildman–Crippen LogP) is 3.73. The number of fused-ring (bicyclic) bond motifs is 1. The van der Waals surface area contributed by atoms with Crippen LogP contribution in [0.5, 0.6) is 11.5 Å². The average molecular weight is 404 g/mol. The number of ether oxygens (including phenoxy) is 2. The monoisotopic (exact) mass is 403 g/mol. The molecule has 0 aromatic heterocycles. The number of hydrogen-bond donors (Lipinski definition) is 2. The van der Waals surface area contributed by atoms with Crippen LogP contribution >= 0.6 is 11.6 Å². The molecule has 2 N–H and O–H groups in total. The van der Waals surface area contributed by atoms with Crippen molar-refractivity contribution in [2.75, 3.05) is 26.7 Å². The molecule has 0 bridgehead atoms. The summed E-state index contributed by atoms with van der Waals surface area (Å²) in [6.45, 7) is 2.21. The van der Waals surface area contributed by atoms with E-state index in [2.05, 4.69) is 4.90 Å². The van der Waals surface area contributed by atoms with Crippen molar-refractivity contribution in [1.29, 1.82) is 0 Å². The smallest absolute Gasteiger partial charge is 0.129 e. The van der Waals surface area contributed by atoms with E-state index in [0.29, 0.717) is 23.7 Å². The first-order valence-corrected chi connectivity index (χ1v) is 10.1. The van der Waals surface area contributed by atoms with E-state index in [1.807, 2.05) is 30.3 Å². The zero-order chi connectivity index (χ0) is 19.7. The second-order valence-electron chi connectivity index (χ2n) is 7.78. The molecule has 0 radical (unpaired) electrons. The normalized spacial score (nSPS) is 22.4. The highest BCUT2D eigenvalue weighted by atomic mass is 35.5. The van der Waals surface area contributed by atoms with Crippen LogP contribution in [0.4, 0.5) is 0 Å². The fourth-order valence-corrected chi connectivity index (χ4v) is 4.35. The molecule has 2 aromatic rings. The highest BCUT2D eigenvalue weighted by molar-refractivity contribution is 6.30. The van der Waals surface area contributed by atoms with Gasteiger partial charge in [0.15, 0.2) is 0 Å². The molecule has 6 heteroatoms. The number of methoxy groups -OCH3 is 1. The standard InChI is InChI=1S/C22H26ClNO4/c1-27-17-6-7-18-19(25)13-22(28-21(18)12-17)8-10-24(11-9-22)14-20(26)15-2-4-16(23)5-3-15/h2-7,12,19-20,25-26H,8-11,13-14H2,1H3/t19-,20+/m0/s1. The van der Waals surface area contributed by atoms with Gasteiger partial charge in [-0.3, -0.25) is 0 Å². The van der Waals surface area contributed by atoms with Crippen LogP contribution in [0.1, 0.15) is 42.6 Å². The summed E-state index contributed by atoms with van der Waals surface area (Å²) in [7, 11) is 1.63. The fourth-order valence-electron chi connectivity index (χ4n) is 4.23. The Hall–Kier alpha value is -1.79. The summed E-state index contributed by atoms with van der Waals surface area (Å²) in [6.07, 6.45) is 1.15. The van der Waals surface area contributed by atoms with E-state index in [4.69, 9.17) is 21.1 Å². The molecule has 0 saturated carbocycles. The number of hydrogen-bond acceptors (Lipinski definition) is 5. The maximum absolute atomic E-state index is 10.6. The maximum Gasteiger partial charge on any atom is 0.129 e. The van der Waals surface area contributed by atoms with Crippen molar-refractivity contribution in [2.45, 2.75) is 37.1 Å². The van der Waals surface area contributed by atoms with Crippen LogP contribution in [0.15, 0.2) is 42.5 Å². The number of benzene rings is 2. The van der Waals surface area contributed by atoms with E-state index in [0.717, 1.165) is 42.8 Å². The molecule has 2 heterocycles. The Kier molecular flexibility index (Phi) is 5.52. The highest BCUT2D eigenvalue weighted by Crippen LogP contribution is 2.45. The van der Waals surface area contributed by atoms with E-state index in [-0.39, 0.29) is 5.60 Å². The molecule has 0 amide bonds. The van der Waals surface area contributed by atoms with E-state index in [1.165, 1.54) is 0 Å². The summed E-state index contributed by atoms with van der Waals surface area (Å²) >= 11 is 5.92. The third kappa shape index (κ3) is 3.98.